The molecular weight excluding hydrogens is 304 g/mol. The lowest BCUT2D eigenvalue weighted by atomic mass is 10.1. The standard InChI is InChI=1S/C15H24N2O4S/c1-3-17(4-2)10-14-15(18)13(11-21-14)16-22(19,20)12-8-6-5-7-9-12/h5-9,13-16,18H,3-4,10-11H2,1-2H3. The second-order valence-electron chi connectivity index (χ2n) is 5.39. The van der Waals surface area contributed by atoms with Gasteiger partial charge in [-0.2, -0.15) is 0 Å². The van der Waals surface area contributed by atoms with Crippen molar-refractivity contribution in [1.29, 1.82) is 0 Å². The molecule has 2 N–H and O–H groups in total. The van der Waals surface area contributed by atoms with Crippen LogP contribution < -0.4 is 4.72 Å². The molecule has 6 nitrogen and oxygen atoms in total. The first-order chi connectivity index (χ1) is 10.5. The van der Waals surface area contributed by atoms with Crippen LogP contribution in [0.25, 0.3) is 0 Å². The van der Waals surface area contributed by atoms with E-state index in [-0.39, 0.29) is 17.6 Å². The van der Waals surface area contributed by atoms with Crippen LogP contribution in [0.5, 0.6) is 0 Å². The smallest absolute Gasteiger partial charge is 0.240 e. The normalized spacial score (nSPS) is 25.7. The highest BCUT2D eigenvalue weighted by atomic mass is 32.2. The molecule has 0 amide bonds. The zero-order valence-corrected chi connectivity index (χ0v) is 13.8. The van der Waals surface area contributed by atoms with E-state index in [0.717, 1.165) is 13.1 Å². The van der Waals surface area contributed by atoms with Crippen LogP contribution in [0.15, 0.2) is 35.2 Å². The van der Waals surface area contributed by atoms with Crippen LogP contribution in [0.2, 0.25) is 0 Å². The summed E-state index contributed by atoms with van der Waals surface area (Å²) in [6.07, 6.45) is -1.22. The van der Waals surface area contributed by atoms with Gasteiger partial charge in [-0.1, -0.05) is 32.0 Å². The van der Waals surface area contributed by atoms with E-state index in [1.165, 1.54) is 12.1 Å². The molecule has 0 radical (unpaired) electrons. The Hall–Kier alpha value is -0.990. The third-order valence-corrected chi connectivity index (χ3v) is 5.48. The number of ether oxygens (including phenoxy) is 1. The summed E-state index contributed by atoms with van der Waals surface area (Å²) in [5.41, 5.74) is 0. The molecule has 2 rings (SSSR count). The summed E-state index contributed by atoms with van der Waals surface area (Å²) in [5.74, 6) is 0. The Kier molecular flexibility index (Phi) is 5.94. The molecule has 1 aromatic rings. The number of sulfonamides is 1. The molecule has 1 heterocycles. The molecule has 3 atom stereocenters. The quantitative estimate of drug-likeness (QED) is 0.759. The zero-order chi connectivity index (χ0) is 16.2. The van der Waals surface area contributed by atoms with Gasteiger partial charge in [-0.15, -0.1) is 0 Å². The van der Waals surface area contributed by atoms with Gasteiger partial charge in [-0.05, 0) is 25.2 Å². The highest BCUT2D eigenvalue weighted by Crippen LogP contribution is 2.18. The van der Waals surface area contributed by atoms with Crippen molar-refractivity contribution in [3.63, 3.8) is 0 Å². The van der Waals surface area contributed by atoms with Crippen molar-refractivity contribution in [2.24, 2.45) is 0 Å². The maximum absolute atomic E-state index is 12.3. The molecule has 7 heteroatoms. The Bertz CT molecular complexity index is 560. The van der Waals surface area contributed by atoms with Crippen LogP contribution in [-0.2, 0) is 14.8 Å². The Morgan fingerprint density at radius 1 is 1.27 bits per heavy atom. The van der Waals surface area contributed by atoms with E-state index >= 15 is 0 Å². The average molecular weight is 328 g/mol. The first kappa shape index (κ1) is 17.4. The largest absolute Gasteiger partial charge is 0.389 e. The molecule has 1 aliphatic rings. The number of aliphatic hydroxyl groups excluding tert-OH is 1. The lowest BCUT2D eigenvalue weighted by Gasteiger charge is -2.24. The molecule has 1 aromatic carbocycles. The van der Waals surface area contributed by atoms with Crippen LogP contribution in [-0.4, -0.2) is 62.9 Å². The van der Waals surface area contributed by atoms with Gasteiger partial charge in [-0.25, -0.2) is 13.1 Å². The molecule has 0 aliphatic carbocycles. The maximum Gasteiger partial charge on any atom is 0.240 e. The maximum atomic E-state index is 12.3. The molecule has 1 saturated heterocycles. The number of nitrogens with one attached hydrogen (secondary N) is 1. The highest BCUT2D eigenvalue weighted by Gasteiger charge is 2.38. The summed E-state index contributed by atoms with van der Waals surface area (Å²) in [4.78, 5) is 2.33. The van der Waals surface area contributed by atoms with Gasteiger partial charge in [0.1, 0.15) is 0 Å². The molecule has 1 aliphatic heterocycles. The fourth-order valence-corrected chi connectivity index (χ4v) is 3.81. The first-order valence-electron chi connectivity index (χ1n) is 7.57. The van der Waals surface area contributed by atoms with Crippen molar-refractivity contribution in [3.8, 4) is 0 Å². The van der Waals surface area contributed by atoms with Crippen molar-refractivity contribution in [2.75, 3.05) is 26.2 Å². The minimum atomic E-state index is -3.64. The second kappa shape index (κ2) is 7.52. The number of aliphatic hydroxyl groups is 1. The van der Waals surface area contributed by atoms with E-state index < -0.39 is 22.2 Å². The van der Waals surface area contributed by atoms with Crippen molar-refractivity contribution < 1.29 is 18.3 Å². The van der Waals surface area contributed by atoms with E-state index in [9.17, 15) is 13.5 Å². The van der Waals surface area contributed by atoms with Crippen LogP contribution in [0, 0.1) is 0 Å². The van der Waals surface area contributed by atoms with Crippen molar-refractivity contribution in [2.45, 2.75) is 37.0 Å². The van der Waals surface area contributed by atoms with Crippen LogP contribution in [0.3, 0.4) is 0 Å². The first-order valence-corrected chi connectivity index (χ1v) is 9.05. The lowest BCUT2D eigenvalue weighted by molar-refractivity contribution is 0.0175. The summed E-state index contributed by atoms with van der Waals surface area (Å²) in [5, 5.41) is 10.3. The fourth-order valence-electron chi connectivity index (χ4n) is 2.55. The van der Waals surface area contributed by atoms with Crippen molar-refractivity contribution in [3.05, 3.63) is 30.3 Å². The van der Waals surface area contributed by atoms with E-state index in [4.69, 9.17) is 4.74 Å². The summed E-state index contributed by atoms with van der Waals surface area (Å²) >= 11 is 0. The topological polar surface area (TPSA) is 78.9 Å². The van der Waals surface area contributed by atoms with Crippen LogP contribution in [0.1, 0.15) is 13.8 Å². The Morgan fingerprint density at radius 3 is 2.50 bits per heavy atom. The summed E-state index contributed by atoms with van der Waals surface area (Å²) < 4.78 is 32.7. The van der Waals surface area contributed by atoms with Crippen molar-refractivity contribution in [1.82, 2.24) is 9.62 Å². The number of rotatable bonds is 7. The number of hydrogen-bond acceptors (Lipinski definition) is 5. The molecule has 0 spiro atoms. The minimum Gasteiger partial charge on any atom is -0.389 e. The number of likely N-dealkylation sites (N-methyl/N-ethyl adjacent to an activating group) is 1. The third kappa shape index (κ3) is 4.05. The predicted octanol–water partition coefficient (Wildman–Crippen LogP) is 0.435. The van der Waals surface area contributed by atoms with Gasteiger partial charge in [0.15, 0.2) is 0 Å². The van der Waals surface area contributed by atoms with Gasteiger partial charge in [0.2, 0.25) is 10.0 Å². The third-order valence-electron chi connectivity index (χ3n) is 3.98. The zero-order valence-electron chi connectivity index (χ0n) is 13.0. The number of nitrogens with zero attached hydrogens (tertiary/aromatic N) is 1. The fraction of sp³-hybridized carbons (Fsp3) is 0.600. The Labute approximate surface area is 132 Å². The monoisotopic (exact) mass is 328 g/mol. The van der Waals surface area contributed by atoms with Gasteiger partial charge in [0, 0.05) is 6.54 Å². The molecule has 1 fully saturated rings. The van der Waals surface area contributed by atoms with E-state index in [1.807, 2.05) is 13.8 Å². The molecule has 0 bridgehead atoms. The molecule has 0 aromatic heterocycles. The molecule has 3 unspecified atom stereocenters. The Balaban J connectivity index is 2.00. The van der Waals surface area contributed by atoms with E-state index in [2.05, 4.69) is 9.62 Å². The molecule has 0 saturated carbocycles. The molecule has 22 heavy (non-hydrogen) atoms. The van der Waals surface area contributed by atoms with Crippen molar-refractivity contribution >= 4 is 10.0 Å². The van der Waals surface area contributed by atoms with Gasteiger partial charge < -0.3 is 14.7 Å². The summed E-state index contributed by atoms with van der Waals surface area (Å²) in [7, 11) is -3.64. The highest BCUT2D eigenvalue weighted by molar-refractivity contribution is 7.89. The van der Waals surface area contributed by atoms with Gasteiger partial charge >= 0.3 is 0 Å². The van der Waals surface area contributed by atoms with Gasteiger partial charge in [0.25, 0.3) is 0 Å². The predicted molar refractivity (Wildman–Crippen MR) is 84.1 cm³/mol. The number of hydrogen-bond donors (Lipinski definition) is 2. The summed E-state index contributed by atoms with van der Waals surface area (Å²) in [6.45, 7) is 6.59. The second-order valence-corrected chi connectivity index (χ2v) is 7.10. The van der Waals surface area contributed by atoms with Crippen LogP contribution in [0.4, 0.5) is 0 Å². The van der Waals surface area contributed by atoms with Gasteiger partial charge in [0.05, 0.1) is 29.8 Å². The molecular formula is C15H24N2O4S. The van der Waals surface area contributed by atoms with Gasteiger partial charge in [-0.3, -0.25) is 0 Å². The van der Waals surface area contributed by atoms with E-state index in [1.54, 1.807) is 18.2 Å². The summed E-state index contributed by atoms with van der Waals surface area (Å²) in [6, 6.07) is 7.52. The number of benzene rings is 1. The van der Waals surface area contributed by atoms with E-state index in [0.29, 0.717) is 6.54 Å². The van der Waals surface area contributed by atoms with Crippen LogP contribution >= 0.6 is 0 Å². The SMILES string of the molecule is CCN(CC)CC1OCC(NS(=O)(=O)c2ccccc2)C1O. The molecule has 124 valence electrons. The minimum absolute atomic E-state index is 0.180. The average Bonchev–Trinajstić information content (AvgIpc) is 2.86. The Morgan fingerprint density at radius 2 is 1.91 bits per heavy atom. The lowest BCUT2D eigenvalue weighted by Crippen LogP contribution is -2.46.